The summed E-state index contributed by atoms with van der Waals surface area (Å²) in [5, 5.41) is 17.0. The van der Waals surface area contributed by atoms with E-state index in [1.54, 1.807) is 32.4 Å². The fraction of sp³-hybridized carbons (Fsp3) is 0.500. The van der Waals surface area contributed by atoms with Crippen molar-refractivity contribution in [3.05, 3.63) is 53.5 Å². The summed E-state index contributed by atoms with van der Waals surface area (Å²) in [6.45, 7) is 8.44. The monoisotopic (exact) mass is 531 g/mol. The Hall–Kier alpha value is -1.78. The maximum absolute atomic E-state index is 10.6. The van der Waals surface area contributed by atoms with E-state index < -0.39 is 5.60 Å². The van der Waals surface area contributed by atoms with Gasteiger partial charge in [-0.15, -0.1) is 24.0 Å². The van der Waals surface area contributed by atoms with Crippen LogP contribution in [0.3, 0.4) is 0 Å². The number of aliphatic hydroxyl groups is 1. The summed E-state index contributed by atoms with van der Waals surface area (Å²) in [7, 11) is 1.69. The fourth-order valence-corrected chi connectivity index (χ4v) is 2.75. The van der Waals surface area contributed by atoms with Crippen LogP contribution >= 0.6 is 24.0 Å². The molecular weight excluding hydrogens is 497 g/mol. The van der Waals surface area contributed by atoms with Crippen LogP contribution in [-0.2, 0) is 16.9 Å². The lowest BCUT2D eigenvalue weighted by Gasteiger charge is -2.22. The number of hydrogen-bond acceptors (Lipinski definition) is 5. The summed E-state index contributed by atoms with van der Waals surface area (Å²) in [6.07, 6.45) is 2.38. The van der Waals surface area contributed by atoms with Crippen LogP contribution < -0.4 is 15.4 Å². The van der Waals surface area contributed by atoms with Gasteiger partial charge in [-0.1, -0.05) is 12.1 Å². The third kappa shape index (κ3) is 8.53. The van der Waals surface area contributed by atoms with Crippen LogP contribution in [0.15, 0.2) is 46.0 Å². The molecule has 0 fully saturated rings. The second kappa shape index (κ2) is 13.5. The highest BCUT2D eigenvalue weighted by atomic mass is 127. The van der Waals surface area contributed by atoms with Gasteiger partial charge in [-0.2, -0.15) is 0 Å². The molecule has 0 saturated carbocycles. The summed E-state index contributed by atoms with van der Waals surface area (Å²) in [6, 6.07) is 9.63. The molecule has 30 heavy (non-hydrogen) atoms. The van der Waals surface area contributed by atoms with Gasteiger partial charge in [-0.25, -0.2) is 4.99 Å². The molecule has 1 atom stereocenters. The van der Waals surface area contributed by atoms with E-state index in [1.165, 1.54) is 0 Å². The summed E-state index contributed by atoms with van der Waals surface area (Å²) in [5.74, 6) is 1.96. The molecule has 3 N–H and O–H groups in total. The Kier molecular flexibility index (Phi) is 11.8. The molecule has 1 unspecified atom stereocenters. The van der Waals surface area contributed by atoms with Crippen LogP contribution in [0.5, 0.6) is 5.75 Å². The normalized spacial score (nSPS) is 13.3. The van der Waals surface area contributed by atoms with Crippen LogP contribution in [0.25, 0.3) is 0 Å². The number of benzene rings is 1. The highest BCUT2D eigenvalue weighted by Gasteiger charge is 2.26. The van der Waals surface area contributed by atoms with Crippen molar-refractivity contribution in [2.75, 3.05) is 33.4 Å². The molecule has 0 radical (unpaired) electrons. The number of methoxy groups -OCH3 is 1. The molecule has 0 spiro atoms. The Morgan fingerprint density at radius 1 is 1.23 bits per heavy atom. The Bertz CT molecular complexity index is 764. The van der Waals surface area contributed by atoms with Gasteiger partial charge in [0, 0.05) is 32.2 Å². The molecule has 0 aliphatic heterocycles. The van der Waals surface area contributed by atoms with Crippen molar-refractivity contribution in [2.45, 2.75) is 39.3 Å². The minimum Gasteiger partial charge on any atom is -0.493 e. The number of guanidine groups is 1. The lowest BCUT2D eigenvalue weighted by molar-refractivity contribution is 0.0386. The molecule has 0 aliphatic rings. The van der Waals surface area contributed by atoms with E-state index in [2.05, 4.69) is 21.7 Å². The number of aliphatic imine (C=N–C) groups is 1. The van der Waals surface area contributed by atoms with Crippen LogP contribution in [0.1, 0.15) is 37.2 Å². The lowest BCUT2D eigenvalue weighted by Crippen LogP contribution is -2.44. The van der Waals surface area contributed by atoms with Crippen molar-refractivity contribution < 1.29 is 19.0 Å². The van der Waals surface area contributed by atoms with Gasteiger partial charge in [0.2, 0.25) is 0 Å². The smallest absolute Gasteiger partial charge is 0.191 e. The number of aryl methyl sites for hydroxylation is 1. The number of hydrogen-bond donors (Lipinski definition) is 3. The minimum absolute atomic E-state index is 0. The third-order valence-corrected chi connectivity index (χ3v) is 4.38. The molecular formula is C22H34IN3O4. The maximum atomic E-state index is 10.6. The Morgan fingerprint density at radius 2 is 2.03 bits per heavy atom. The molecule has 168 valence electrons. The Labute approximate surface area is 196 Å². The topological polar surface area (TPSA) is 88.3 Å². The molecule has 2 rings (SSSR count). The van der Waals surface area contributed by atoms with Crippen LogP contribution in [0.4, 0.5) is 0 Å². The van der Waals surface area contributed by atoms with Crippen molar-refractivity contribution in [3.63, 3.8) is 0 Å². The van der Waals surface area contributed by atoms with E-state index >= 15 is 0 Å². The van der Waals surface area contributed by atoms with E-state index in [0.717, 1.165) is 23.3 Å². The van der Waals surface area contributed by atoms with E-state index in [1.807, 2.05) is 26.0 Å². The zero-order valence-corrected chi connectivity index (χ0v) is 20.6. The average Bonchev–Trinajstić information content (AvgIpc) is 3.24. The first-order valence-electron chi connectivity index (χ1n) is 9.96. The quantitative estimate of drug-likeness (QED) is 0.178. The van der Waals surface area contributed by atoms with Gasteiger partial charge in [0.05, 0.1) is 26.0 Å². The molecule has 7 nitrogen and oxygen atoms in total. The van der Waals surface area contributed by atoms with E-state index in [9.17, 15) is 5.11 Å². The van der Waals surface area contributed by atoms with Gasteiger partial charge in [0.25, 0.3) is 0 Å². The summed E-state index contributed by atoms with van der Waals surface area (Å²) < 4.78 is 16.3. The van der Waals surface area contributed by atoms with E-state index in [4.69, 9.17) is 13.9 Å². The molecule has 0 amide bonds. The molecule has 0 saturated heterocycles. The Morgan fingerprint density at radius 3 is 2.70 bits per heavy atom. The number of furan rings is 1. The van der Waals surface area contributed by atoms with Gasteiger partial charge in [-0.3, -0.25) is 0 Å². The average molecular weight is 531 g/mol. The predicted molar refractivity (Wildman–Crippen MR) is 130 cm³/mol. The van der Waals surface area contributed by atoms with Crippen molar-refractivity contribution in [1.29, 1.82) is 0 Å². The zero-order chi connectivity index (χ0) is 21.1. The molecule has 1 aromatic carbocycles. The summed E-state index contributed by atoms with van der Waals surface area (Å²) >= 11 is 0. The zero-order valence-electron chi connectivity index (χ0n) is 18.2. The first-order valence-corrected chi connectivity index (χ1v) is 9.96. The van der Waals surface area contributed by atoms with Crippen molar-refractivity contribution in [1.82, 2.24) is 10.6 Å². The standard InChI is InChI=1S/C22H33N3O4.HI/c1-5-23-21(25-16-22(3,26)20-8-6-12-29-20)24-15-18-10-9-17(2)14-19(18)28-13-7-11-27-4;/h6,8-10,12,14,26H,5,7,11,13,15-16H2,1-4H3,(H2,23,24,25);1H. The maximum Gasteiger partial charge on any atom is 0.191 e. The first kappa shape index (κ1) is 26.3. The molecule has 2 aromatic rings. The van der Waals surface area contributed by atoms with Gasteiger partial charge >= 0.3 is 0 Å². The highest BCUT2D eigenvalue weighted by molar-refractivity contribution is 14.0. The van der Waals surface area contributed by atoms with Crippen LogP contribution in [-0.4, -0.2) is 44.5 Å². The van der Waals surface area contributed by atoms with Crippen molar-refractivity contribution in [3.8, 4) is 5.75 Å². The molecule has 0 bridgehead atoms. The number of rotatable bonds is 11. The van der Waals surface area contributed by atoms with E-state index in [-0.39, 0.29) is 30.5 Å². The van der Waals surface area contributed by atoms with Gasteiger partial charge in [0.1, 0.15) is 17.1 Å². The molecule has 0 aliphatic carbocycles. The van der Waals surface area contributed by atoms with Gasteiger partial charge < -0.3 is 29.6 Å². The highest BCUT2D eigenvalue weighted by Crippen LogP contribution is 2.22. The van der Waals surface area contributed by atoms with Crippen LogP contribution in [0, 0.1) is 6.92 Å². The number of nitrogens with zero attached hydrogens (tertiary/aromatic N) is 1. The largest absolute Gasteiger partial charge is 0.493 e. The van der Waals surface area contributed by atoms with Crippen molar-refractivity contribution >= 4 is 29.9 Å². The second-order valence-electron chi connectivity index (χ2n) is 7.11. The second-order valence-corrected chi connectivity index (χ2v) is 7.11. The fourth-order valence-electron chi connectivity index (χ4n) is 2.75. The molecule has 1 aromatic heterocycles. The number of ether oxygens (including phenoxy) is 2. The molecule has 1 heterocycles. The van der Waals surface area contributed by atoms with Gasteiger partial charge in [-0.05, 0) is 44.5 Å². The predicted octanol–water partition coefficient (Wildman–Crippen LogP) is 3.58. The number of halogens is 1. The Balaban J connectivity index is 0.00000450. The number of nitrogens with one attached hydrogen (secondary N) is 2. The summed E-state index contributed by atoms with van der Waals surface area (Å²) in [5.41, 5.74) is 1.00. The third-order valence-electron chi connectivity index (χ3n) is 4.38. The van der Waals surface area contributed by atoms with E-state index in [0.29, 0.717) is 38.0 Å². The van der Waals surface area contributed by atoms with Crippen molar-refractivity contribution in [2.24, 2.45) is 4.99 Å². The van der Waals surface area contributed by atoms with Crippen LogP contribution in [0.2, 0.25) is 0 Å². The van der Waals surface area contributed by atoms with Gasteiger partial charge in [0.15, 0.2) is 5.96 Å². The summed E-state index contributed by atoms with van der Waals surface area (Å²) in [4.78, 5) is 4.65. The lowest BCUT2D eigenvalue weighted by atomic mass is 10.0. The molecule has 8 heteroatoms. The minimum atomic E-state index is -1.14. The SMILES string of the molecule is CCNC(=NCc1ccc(C)cc1OCCCOC)NCC(C)(O)c1ccco1.I. The first-order chi connectivity index (χ1) is 14.0.